The molecule has 0 aromatic heterocycles. The van der Waals surface area contributed by atoms with Gasteiger partial charge in [-0.1, -0.05) is 27.7 Å². The number of nitrogens with one attached hydrogen (secondary N) is 1. The molecule has 5 nitrogen and oxygen atoms in total. The van der Waals surface area contributed by atoms with Crippen LogP contribution in [0.1, 0.15) is 27.7 Å². The van der Waals surface area contributed by atoms with Gasteiger partial charge in [0, 0.05) is 5.25 Å². The van der Waals surface area contributed by atoms with Crippen LogP contribution in [0.15, 0.2) is 0 Å². The number of aliphatic carboxylic acids is 1. The van der Waals surface area contributed by atoms with Crippen LogP contribution in [0.4, 0.5) is 0 Å². The molecule has 15 heavy (non-hydrogen) atoms. The second kappa shape index (κ2) is 9.79. The van der Waals surface area contributed by atoms with Crippen molar-refractivity contribution in [1.82, 2.24) is 5.32 Å². The van der Waals surface area contributed by atoms with E-state index in [1.165, 1.54) is 0 Å². The first-order valence-corrected chi connectivity index (χ1v) is 5.79. The summed E-state index contributed by atoms with van der Waals surface area (Å²) in [5.41, 5.74) is 5.04. The maximum Gasteiger partial charge on any atom is 0.336 e. The normalized spacial score (nSPS) is 11.3. The van der Waals surface area contributed by atoms with Crippen molar-refractivity contribution < 1.29 is 14.7 Å². The molecule has 1 amide bonds. The van der Waals surface area contributed by atoms with E-state index >= 15 is 0 Å². The third-order valence-corrected chi connectivity index (χ3v) is 2.25. The molecular formula is C9H20N2O3S. The van der Waals surface area contributed by atoms with Gasteiger partial charge in [0.2, 0.25) is 5.91 Å². The van der Waals surface area contributed by atoms with Gasteiger partial charge in [0.15, 0.2) is 5.37 Å². The lowest BCUT2D eigenvalue weighted by molar-refractivity contribution is -0.138. The van der Waals surface area contributed by atoms with E-state index in [9.17, 15) is 9.59 Å². The van der Waals surface area contributed by atoms with Crippen molar-refractivity contribution in [2.75, 3.05) is 6.54 Å². The summed E-state index contributed by atoms with van der Waals surface area (Å²) in [6.45, 7) is 7.52. The Balaban J connectivity index is 0. The number of carbonyl (C=O) groups excluding carboxylic acids is 1. The van der Waals surface area contributed by atoms with Crippen LogP contribution in [-0.4, -0.2) is 34.2 Å². The number of nitrogens with two attached hydrogens (primary N) is 1. The Labute approximate surface area is 94.8 Å². The second-order valence-corrected chi connectivity index (χ2v) is 4.36. The van der Waals surface area contributed by atoms with E-state index in [1.54, 1.807) is 0 Å². The van der Waals surface area contributed by atoms with Crippen LogP contribution in [-0.2, 0) is 9.59 Å². The molecule has 4 N–H and O–H groups in total. The van der Waals surface area contributed by atoms with E-state index in [4.69, 9.17) is 10.8 Å². The Bertz CT molecular complexity index is 198. The minimum atomic E-state index is -1.06. The van der Waals surface area contributed by atoms with E-state index in [0.717, 1.165) is 11.8 Å². The minimum absolute atomic E-state index is 0.138. The summed E-state index contributed by atoms with van der Waals surface area (Å²) in [5.74, 6) is -1.51. The van der Waals surface area contributed by atoms with Crippen LogP contribution in [0.5, 0.6) is 0 Å². The number of hydrogen-bond acceptors (Lipinski definition) is 4. The summed E-state index contributed by atoms with van der Waals surface area (Å²) in [6, 6.07) is 0. The van der Waals surface area contributed by atoms with Crippen molar-refractivity contribution in [3.8, 4) is 0 Å². The van der Waals surface area contributed by atoms with Gasteiger partial charge in [-0.25, -0.2) is 4.79 Å². The van der Waals surface area contributed by atoms with Crippen LogP contribution < -0.4 is 11.1 Å². The Morgan fingerprint density at radius 3 is 2.13 bits per heavy atom. The summed E-state index contributed by atoms with van der Waals surface area (Å²) in [6.07, 6.45) is 0. The van der Waals surface area contributed by atoms with Crippen molar-refractivity contribution in [2.45, 2.75) is 38.3 Å². The highest BCUT2D eigenvalue weighted by Crippen LogP contribution is 2.14. The average Bonchev–Trinajstić information content (AvgIpc) is 2.18. The number of carbonyl (C=O) groups is 2. The standard InChI is InChI=1S/C7H14N2O3S.C2H6/c1-4(2)13-6(7(11)12)9-5(10)3-8;1-2/h4,6H,3,8H2,1-2H3,(H,9,10)(H,11,12);1-2H3. The van der Waals surface area contributed by atoms with Crippen molar-refractivity contribution in [3.05, 3.63) is 0 Å². The first kappa shape index (κ1) is 16.7. The van der Waals surface area contributed by atoms with Gasteiger partial charge in [-0.05, 0) is 0 Å². The van der Waals surface area contributed by atoms with Gasteiger partial charge in [0.1, 0.15) is 0 Å². The largest absolute Gasteiger partial charge is 0.479 e. The average molecular weight is 236 g/mol. The molecule has 0 bridgehead atoms. The Morgan fingerprint density at radius 1 is 1.40 bits per heavy atom. The summed E-state index contributed by atoms with van der Waals surface area (Å²) < 4.78 is 0. The number of carboxylic acid groups (broad SMARTS) is 1. The number of carboxylic acids is 1. The quantitative estimate of drug-likeness (QED) is 0.609. The lowest BCUT2D eigenvalue weighted by Crippen LogP contribution is -2.42. The molecule has 0 aromatic carbocycles. The highest BCUT2D eigenvalue weighted by molar-refractivity contribution is 8.01. The molecule has 90 valence electrons. The van der Waals surface area contributed by atoms with Crippen LogP contribution in [0.2, 0.25) is 0 Å². The highest BCUT2D eigenvalue weighted by Gasteiger charge is 2.20. The minimum Gasteiger partial charge on any atom is -0.479 e. The molecule has 6 heteroatoms. The summed E-state index contributed by atoms with van der Waals surface area (Å²) in [7, 11) is 0. The van der Waals surface area contributed by atoms with E-state index in [1.807, 2.05) is 27.7 Å². The fourth-order valence-electron chi connectivity index (χ4n) is 0.631. The van der Waals surface area contributed by atoms with Crippen molar-refractivity contribution in [1.29, 1.82) is 0 Å². The fraction of sp³-hybridized carbons (Fsp3) is 0.778. The van der Waals surface area contributed by atoms with Gasteiger partial charge in [-0.2, -0.15) is 0 Å². The highest BCUT2D eigenvalue weighted by atomic mass is 32.2. The van der Waals surface area contributed by atoms with E-state index in [2.05, 4.69) is 5.32 Å². The molecule has 0 heterocycles. The van der Waals surface area contributed by atoms with Crippen molar-refractivity contribution in [2.24, 2.45) is 5.73 Å². The predicted octanol–water partition coefficient (Wildman–Crippen LogP) is 0.640. The predicted molar refractivity (Wildman–Crippen MR) is 62.7 cm³/mol. The maximum atomic E-state index is 10.8. The molecular weight excluding hydrogens is 216 g/mol. The van der Waals surface area contributed by atoms with E-state index in [0.29, 0.717) is 0 Å². The molecule has 0 aliphatic heterocycles. The molecule has 0 aliphatic rings. The SMILES string of the molecule is CC.CC(C)SC(NC(=O)CN)C(=O)O. The van der Waals surface area contributed by atoms with E-state index < -0.39 is 17.3 Å². The molecule has 0 spiro atoms. The fourth-order valence-corrected chi connectivity index (χ4v) is 1.49. The molecule has 0 saturated heterocycles. The van der Waals surface area contributed by atoms with Gasteiger partial charge < -0.3 is 16.2 Å². The maximum absolute atomic E-state index is 10.8. The van der Waals surface area contributed by atoms with Crippen molar-refractivity contribution >= 4 is 23.6 Å². The molecule has 0 rings (SSSR count). The van der Waals surface area contributed by atoms with Gasteiger partial charge in [-0.3, -0.25) is 4.79 Å². The molecule has 0 aromatic rings. The zero-order valence-electron chi connectivity index (χ0n) is 9.61. The topological polar surface area (TPSA) is 92.4 Å². The van der Waals surface area contributed by atoms with Gasteiger partial charge in [0.05, 0.1) is 6.54 Å². The van der Waals surface area contributed by atoms with Crippen LogP contribution >= 0.6 is 11.8 Å². The monoisotopic (exact) mass is 236 g/mol. The number of amides is 1. The molecule has 0 aliphatic carbocycles. The lowest BCUT2D eigenvalue weighted by Gasteiger charge is -2.15. The molecule has 0 fully saturated rings. The Morgan fingerprint density at radius 2 is 1.87 bits per heavy atom. The van der Waals surface area contributed by atoms with Crippen LogP contribution in [0.25, 0.3) is 0 Å². The number of thioether (sulfide) groups is 1. The second-order valence-electron chi connectivity index (χ2n) is 2.67. The molecule has 1 unspecified atom stereocenters. The van der Waals surface area contributed by atoms with Gasteiger partial charge in [0.25, 0.3) is 0 Å². The van der Waals surface area contributed by atoms with Crippen LogP contribution in [0, 0.1) is 0 Å². The number of rotatable bonds is 5. The number of hydrogen-bond donors (Lipinski definition) is 3. The van der Waals surface area contributed by atoms with Crippen molar-refractivity contribution in [3.63, 3.8) is 0 Å². The zero-order chi connectivity index (χ0) is 12.4. The smallest absolute Gasteiger partial charge is 0.336 e. The molecule has 1 atom stereocenters. The molecule has 0 radical (unpaired) electrons. The molecule has 0 saturated carbocycles. The van der Waals surface area contributed by atoms with Gasteiger partial charge >= 0.3 is 5.97 Å². The van der Waals surface area contributed by atoms with E-state index in [-0.39, 0.29) is 11.8 Å². The van der Waals surface area contributed by atoms with Crippen LogP contribution in [0.3, 0.4) is 0 Å². The lowest BCUT2D eigenvalue weighted by atomic mass is 10.5. The summed E-state index contributed by atoms with van der Waals surface area (Å²) in [5, 5.41) is 10.2. The summed E-state index contributed by atoms with van der Waals surface area (Å²) in [4.78, 5) is 21.4. The zero-order valence-corrected chi connectivity index (χ0v) is 10.4. The third kappa shape index (κ3) is 9.55. The first-order chi connectivity index (χ1) is 6.97. The summed E-state index contributed by atoms with van der Waals surface area (Å²) >= 11 is 1.16. The first-order valence-electron chi connectivity index (χ1n) is 4.85. The third-order valence-electron chi connectivity index (χ3n) is 1.11. The Kier molecular flexibility index (Phi) is 10.9. The Hall–Kier alpha value is -0.750. The van der Waals surface area contributed by atoms with Gasteiger partial charge in [-0.15, -0.1) is 11.8 Å².